The molecular weight excluding hydrogens is 406 g/mol. The molecule has 0 saturated carbocycles. The molecule has 1 atom stereocenters. The summed E-state index contributed by atoms with van der Waals surface area (Å²) >= 11 is 0. The third kappa shape index (κ3) is 3.22. The topological polar surface area (TPSA) is 122 Å². The molecule has 2 N–H and O–H groups in total. The molecule has 0 aliphatic carbocycles. The second kappa shape index (κ2) is 8.06. The number of aromatic nitrogens is 8. The van der Waals surface area contributed by atoms with E-state index in [2.05, 4.69) is 41.7 Å². The fourth-order valence-electron chi connectivity index (χ4n) is 3.90. The van der Waals surface area contributed by atoms with Crippen molar-refractivity contribution >= 4 is 16.9 Å². The number of rotatable bonds is 6. The minimum Gasteiger partial charge on any atom is -0.480 e. The predicted molar refractivity (Wildman–Crippen MR) is 119 cm³/mol. The minimum absolute atomic E-state index is 0.117. The highest BCUT2D eigenvalue weighted by Crippen LogP contribution is 2.38. The highest BCUT2D eigenvalue weighted by molar-refractivity contribution is 6.01. The Kier molecular flexibility index (Phi) is 4.94. The Morgan fingerprint density at radius 3 is 2.66 bits per heavy atom. The van der Waals surface area contributed by atoms with Crippen LogP contribution in [0, 0.1) is 0 Å². The van der Waals surface area contributed by atoms with E-state index in [4.69, 9.17) is 10.5 Å². The number of para-hydroxylation sites is 1. The summed E-state index contributed by atoms with van der Waals surface area (Å²) in [7, 11) is 1.57. The number of anilines is 1. The number of nitrogens with zero attached hydrogens (tertiary/aromatic N) is 8. The zero-order valence-corrected chi connectivity index (χ0v) is 17.6. The number of hydrogen-bond donors (Lipinski definition) is 1. The van der Waals surface area contributed by atoms with E-state index in [9.17, 15) is 0 Å². The van der Waals surface area contributed by atoms with E-state index < -0.39 is 0 Å². The fraction of sp³-hybridized carbons (Fsp3) is 0.182. The Morgan fingerprint density at radius 2 is 1.88 bits per heavy atom. The van der Waals surface area contributed by atoms with Gasteiger partial charge in [0.25, 0.3) is 0 Å². The summed E-state index contributed by atoms with van der Waals surface area (Å²) < 4.78 is 9.27. The van der Waals surface area contributed by atoms with Crippen LogP contribution < -0.4 is 10.5 Å². The van der Waals surface area contributed by atoms with Gasteiger partial charge in [0, 0.05) is 18.0 Å². The summed E-state index contributed by atoms with van der Waals surface area (Å²) in [5.74, 6) is 0.822. The molecule has 32 heavy (non-hydrogen) atoms. The molecule has 1 aromatic carbocycles. The predicted octanol–water partition coefficient (Wildman–Crippen LogP) is 3.06. The van der Waals surface area contributed by atoms with Crippen LogP contribution in [0.15, 0.2) is 61.6 Å². The molecule has 0 bridgehead atoms. The average Bonchev–Trinajstić information content (AvgIpc) is 3.47. The first-order valence-corrected chi connectivity index (χ1v) is 10.1. The lowest BCUT2D eigenvalue weighted by Crippen LogP contribution is -2.10. The highest BCUT2D eigenvalue weighted by Gasteiger charge is 2.24. The van der Waals surface area contributed by atoms with E-state index >= 15 is 0 Å². The first-order valence-electron chi connectivity index (χ1n) is 10.1. The molecule has 160 valence electrons. The van der Waals surface area contributed by atoms with Crippen LogP contribution in [0.3, 0.4) is 0 Å². The van der Waals surface area contributed by atoms with Gasteiger partial charge in [-0.2, -0.15) is 0 Å². The maximum Gasteiger partial charge on any atom is 0.224 e. The van der Waals surface area contributed by atoms with Crippen molar-refractivity contribution in [1.29, 1.82) is 0 Å². The van der Waals surface area contributed by atoms with E-state index in [1.165, 1.54) is 12.7 Å². The van der Waals surface area contributed by atoms with Crippen LogP contribution in [0.4, 0.5) is 5.82 Å². The zero-order valence-electron chi connectivity index (χ0n) is 17.6. The molecule has 0 aliphatic heterocycles. The van der Waals surface area contributed by atoms with Gasteiger partial charge in [0.15, 0.2) is 0 Å². The van der Waals surface area contributed by atoms with Crippen LogP contribution in [-0.4, -0.2) is 46.6 Å². The van der Waals surface area contributed by atoms with Crippen LogP contribution in [0.25, 0.3) is 27.8 Å². The van der Waals surface area contributed by atoms with Gasteiger partial charge < -0.3 is 15.0 Å². The Balaban J connectivity index is 1.67. The Bertz CT molecular complexity index is 1380. The van der Waals surface area contributed by atoms with Gasteiger partial charge in [0.05, 0.1) is 36.0 Å². The molecule has 5 rings (SSSR count). The Labute approximate surface area is 183 Å². The molecule has 0 spiro atoms. The average molecular weight is 427 g/mol. The molecule has 0 saturated heterocycles. The molecule has 0 unspecified atom stereocenters. The van der Waals surface area contributed by atoms with Gasteiger partial charge in [0.2, 0.25) is 5.88 Å². The van der Waals surface area contributed by atoms with Gasteiger partial charge in [-0.15, -0.1) is 5.10 Å². The number of benzene rings is 1. The van der Waals surface area contributed by atoms with Crippen molar-refractivity contribution < 1.29 is 4.74 Å². The quantitative estimate of drug-likeness (QED) is 0.439. The van der Waals surface area contributed by atoms with E-state index in [1.54, 1.807) is 18.0 Å². The third-order valence-electron chi connectivity index (χ3n) is 5.39. The monoisotopic (exact) mass is 427 g/mol. The van der Waals surface area contributed by atoms with Gasteiger partial charge >= 0.3 is 0 Å². The molecule has 10 nitrogen and oxygen atoms in total. The summed E-state index contributed by atoms with van der Waals surface area (Å²) in [6.45, 7) is 2.09. The summed E-state index contributed by atoms with van der Waals surface area (Å²) in [6, 6.07) is 9.75. The standard InChI is InChI=1S/C22H21N9O/c1-3-18(17-11-31(29-28-17)14-7-5-4-6-8-14)30-10-16(15-9-24-12-27-22(15)32-2)19-20(23)25-13-26-21(19)30/h4-13,18H,3H2,1-2H3,(H2,23,25,26)/t18-/m0/s1. The second-order valence-electron chi connectivity index (χ2n) is 7.20. The van der Waals surface area contributed by atoms with Crippen molar-refractivity contribution in [3.8, 4) is 22.7 Å². The summed E-state index contributed by atoms with van der Waals surface area (Å²) in [5.41, 5.74) is 10.2. The summed E-state index contributed by atoms with van der Waals surface area (Å²) in [4.78, 5) is 17.1. The lowest BCUT2D eigenvalue weighted by atomic mass is 10.1. The number of nitrogen functional groups attached to an aromatic ring is 1. The van der Waals surface area contributed by atoms with Gasteiger partial charge in [-0.3, -0.25) is 0 Å². The van der Waals surface area contributed by atoms with Gasteiger partial charge in [-0.25, -0.2) is 24.6 Å². The molecule has 4 heterocycles. The van der Waals surface area contributed by atoms with Gasteiger partial charge in [0.1, 0.15) is 29.8 Å². The molecule has 10 heteroatoms. The fourth-order valence-corrected chi connectivity index (χ4v) is 3.90. The van der Waals surface area contributed by atoms with Gasteiger partial charge in [-0.1, -0.05) is 30.3 Å². The van der Waals surface area contributed by atoms with Crippen LogP contribution >= 0.6 is 0 Å². The van der Waals surface area contributed by atoms with E-state index in [1.807, 2.05) is 42.7 Å². The number of ether oxygens (including phenoxy) is 1. The van der Waals surface area contributed by atoms with Crippen molar-refractivity contribution in [3.05, 3.63) is 67.3 Å². The first kappa shape index (κ1) is 19.6. The van der Waals surface area contributed by atoms with Crippen LogP contribution in [0.2, 0.25) is 0 Å². The van der Waals surface area contributed by atoms with Crippen molar-refractivity contribution in [3.63, 3.8) is 0 Å². The zero-order chi connectivity index (χ0) is 22.1. The minimum atomic E-state index is -0.117. The molecule has 4 aromatic heterocycles. The molecule has 0 fully saturated rings. The van der Waals surface area contributed by atoms with Crippen LogP contribution in [-0.2, 0) is 0 Å². The number of methoxy groups -OCH3 is 1. The maximum absolute atomic E-state index is 6.28. The maximum atomic E-state index is 6.28. The van der Waals surface area contributed by atoms with Crippen molar-refractivity contribution in [1.82, 2.24) is 39.5 Å². The van der Waals surface area contributed by atoms with Crippen LogP contribution in [0.1, 0.15) is 25.1 Å². The van der Waals surface area contributed by atoms with Gasteiger partial charge in [-0.05, 0) is 18.6 Å². The molecule has 0 aliphatic rings. The highest BCUT2D eigenvalue weighted by atomic mass is 16.5. The smallest absolute Gasteiger partial charge is 0.224 e. The Hall–Kier alpha value is -4.34. The molecule has 0 radical (unpaired) electrons. The van der Waals surface area contributed by atoms with E-state index in [0.717, 1.165) is 28.8 Å². The SMILES string of the molecule is CC[C@@H](c1cn(-c2ccccc2)nn1)n1cc(-c2cncnc2OC)c2c(N)ncnc21. The lowest BCUT2D eigenvalue weighted by Gasteiger charge is -2.15. The number of fused-ring (bicyclic) bond motifs is 1. The second-order valence-corrected chi connectivity index (χ2v) is 7.20. The molecule has 5 aromatic rings. The summed E-state index contributed by atoms with van der Waals surface area (Å²) in [5, 5.41) is 9.50. The lowest BCUT2D eigenvalue weighted by molar-refractivity contribution is 0.398. The Morgan fingerprint density at radius 1 is 1.03 bits per heavy atom. The van der Waals surface area contributed by atoms with Crippen LogP contribution in [0.5, 0.6) is 5.88 Å². The first-order chi connectivity index (χ1) is 15.7. The van der Waals surface area contributed by atoms with Crippen molar-refractivity contribution in [2.24, 2.45) is 0 Å². The molecule has 0 amide bonds. The largest absolute Gasteiger partial charge is 0.480 e. The third-order valence-corrected chi connectivity index (χ3v) is 5.39. The summed E-state index contributed by atoms with van der Waals surface area (Å²) in [6.07, 6.45) is 9.29. The van der Waals surface area contributed by atoms with Crippen molar-refractivity contribution in [2.75, 3.05) is 12.8 Å². The van der Waals surface area contributed by atoms with E-state index in [0.29, 0.717) is 22.9 Å². The van der Waals surface area contributed by atoms with Crippen molar-refractivity contribution in [2.45, 2.75) is 19.4 Å². The number of hydrogen-bond acceptors (Lipinski definition) is 8. The normalized spacial score (nSPS) is 12.2. The van der Waals surface area contributed by atoms with E-state index in [-0.39, 0.29) is 6.04 Å². The molecular formula is C22H21N9O. The number of nitrogens with two attached hydrogens (primary N) is 1.